The first kappa shape index (κ1) is 13.2. The Hall–Kier alpha value is -2.76. The van der Waals surface area contributed by atoms with E-state index in [0.29, 0.717) is 5.69 Å². The standard InChI is InChI=1S/C15H16N4O2/c1-10(2)18-7-8-19(15(18)20)12-5-3-11(4-6-12)13-9-14(16)21-17-13/h3-10H,16H2,1-2H3. The van der Waals surface area contributed by atoms with E-state index in [1.807, 2.05) is 38.1 Å². The topological polar surface area (TPSA) is 79.0 Å². The van der Waals surface area contributed by atoms with Gasteiger partial charge in [-0.3, -0.25) is 9.13 Å². The van der Waals surface area contributed by atoms with Gasteiger partial charge in [0.15, 0.2) is 0 Å². The summed E-state index contributed by atoms with van der Waals surface area (Å²) in [5, 5.41) is 3.86. The Morgan fingerprint density at radius 1 is 1.19 bits per heavy atom. The third kappa shape index (κ3) is 2.35. The number of anilines is 1. The van der Waals surface area contributed by atoms with E-state index in [2.05, 4.69) is 5.16 Å². The smallest absolute Gasteiger partial charge is 0.332 e. The molecule has 2 heterocycles. The number of hydrogen-bond donors (Lipinski definition) is 1. The Bertz CT molecular complexity index is 809. The summed E-state index contributed by atoms with van der Waals surface area (Å²) in [6.07, 6.45) is 3.56. The molecule has 21 heavy (non-hydrogen) atoms. The highest BCUT2D eigenvalue weighted by atomic mass is 16.5. The lowest BCUT2D eigenvalue weighted by molar-refractivity contribution is 0.439. The molecule has 0 aliphatic heterocycles. The fourth-order valence-electron chi connectivity index (χ4n) is 2.20. The van der Waals surface area contributed by atoms with Gasteiger partial charge in [0.2, 0.25) is 5.88 Å². The number of nitrogen functional groups attached to an aromatic ring is 1. The third-order valence-electron chi connectivity index (χ3n) is 3.33. The van der Waals surface area contributed by atoms with Gasteiger partial charge in [0.1, 0.15) is 5.69 Å². The average molecular weight is 284 g/mol. The zero-order chi connectivity index (χ0) is 15.0. The Kier molecular flexibility index (Phi) is 3.13. The number of rotatable bonds is 3. The summed E-state index contributed by atoms with van der Waals surface area (Å²) in [7, 11) is 0. The van der Waals surface area contributed by atoms with Gasteiger partial charge in [0.05, 0.1) is 5.69 Å². The van der Waals surface area contributed by atoms with Crippen LogP contribution >= 0.6 is 0 Å². The monoisotopic (exact) mass is 284 g/mol. The van der Waals surface area contributed by atoms with E-state index in [1.165, 1.54) is 0 Å². The Balaban J connectivity index is 1.96. The first-order valence-electron chi connectivity index (χ1n) is 6.69. The summed E-state index contributed by atoms with van der Waals surface area (Å²) < 4.78 is 8.15. The van der Waals surface area contributed by atoms with Crippen LogP contribution in [0, 0.1) is 0 Å². The molecule has 0 spiro atoms. The molecule has 0 aliphatic carbocycles. The number of nitrogens with two attached hydrogens (primary N) is 1. The normalized spacial score (nSPS) is 11.2. The summed E-state index contributed by atoms with van der Waals surface area (Å²) in [5.41, 5.74) is 7.82. The van der Waals surface area contributed by atoms with Crippen LogP contribution in [0.3, 0.4) is 0 Å². The van der Waals surface area contributed by atoms with Crippen molar-refractivity contribution in [3.05, 3.63) is 53.2 Å². The van der Waals surface area contributed by atoms with Crippen LogP contribution in [0.2, 0.25) is 0 Å². The predicted molar refractivity (Wildman–Crippen MR) is 80.3 cm³/mol. The van der Waals surface area contributed by atoms with Gasteiger partial charge >= 0.3 is 5.69 Å². The second-order valence-corrected chi connectivity index (χ2v) is 5.11. The maximum Gasteiger partial charge on any atom is 0.332 e. The second-order valence-electron chi connectivity index (χ2n) is 5.11. The minimum absolute atomic E-state index is 0.0524. The molecule has 0 amide bonds. The van der Waals surface area contributed by atoms with Crippen molar-refractivity contribution in [2.75, 3.05) is 5.73 Å². The van der Waals surface area contributed by atoms with Gasteiger partial charge in [0.25, 0.3) is 0 Å². The van der Waals surface area contributed by atoms with Crippen molar-refractivity contribution in [1.29, 1.82) is 0 Å². The molecule has 6 heteroatoms. The molecule has 0 fully saturated rings. The molecule has 0 bridgehead atoms. The van der Waals surface area contributed by atoms with Crippen LogP contribution < -0.4 is 11.4 Å². The van der Waals surface area contributed by atoms with Crippen LogP contribution in [0.5, 0.6) is 0 Å². The molecule has 2 N–H and O–H groups in total. The van der Waals surface area contributed by atoms with Crippen LogP contribution in [0.25, 0.3) is 16.9 Å². The van der Waals surface area contributed by atoms with Crippen LogP contribution in [-0.4, -0.2) is 14.3 Å². The third-order valence-corrected chi connectivity index (χ3v) is 3.33. The van der Waals surface area contributed by atoms with Crippen LogP contribution in [-0.2, 0) is 0 Å². The van der Waals surface area contributed by atoms with E-state index in [9.17, 15) is 4.79 Å². The number of imidazole rings is 1. The molecular formula is C15H16N4O2. The van der Waals surface area contributed by atoms with Crippen LogP contribution in [0.1, 0.15) is 19.9 Å². The summed E-state index contributed by atoms with van der Waals surface area (Å²) in [5.74, 6) is 0.277. The fraction of sp³-hybridized carbons (Fsp3) is 0.200. The van der Waals surface area contributed by atoms with Gasteiger partial charge in [-0.2, -0.15) is 0 Å². The zero-order valence-electron chi connectivity index (χ0n) is 11.9. The van der Waals surface area contributed by atoms with Crippen molar-refractivity contribution >= 4 is 5.88 Å². The highest BCUT2D eigenvalue weighted by Crippen LogP contribution is 2.21. The molecule has 0 unspecified atom stereocenters. The van der Waals surface area contributed by atoms with Crippen molar-refractivity contribution in [1.82, 2.24) is 14.3 Å². The minimum atomic E-state index is -0.0524. The summed E-state index contributed by atoms with van der Waals surface area (Å²) >= 11 is 0. The van der Waals surface area contributed by atoms with Gasteiger partial charge in [-0.05, 0) is 26.0 Å². The molecule has 3 rings (SSSR count). The molecule has 6 nitrogen and oxygen atoms in total. The first-order valence-corrected chi connectivity index (χ1v) is 6.69. The number of benzene rings is 1. The largest absolute Gasteiger partial charge is 0.368 e. The van der Waals surface area contributed by atoms with Gasteiger partial charge in [-0.1, -0.05) is 17.3 Å². The lowest BCUT2D eigenvalue weighted by Gasteiger charge is -2.05. The summed E-state index contributed by atoms with van der Waals surface area (Å²) in [4.78, 5) is 12.3. The van der Waals surface area contributed by atoms with Crippen molar-refractivity contribution < 1.29 is 4.52 Å². The van der Waals surface area contributed by atoms with E-state index < -0.39 is 0 Å². The van der Waals surface area contributed by atoms with Crippen LogP contribution in [0.4, 0.5) is 5.88 Å². The molecule has 0 atom stereocenters. The lowest BCUT2D eigenvalue weighted by Crippen LogP contribution is -2.24. The van der Waals surface area contributed by atoms with Gasteiger partial charge in [-0.15, -0.1) is 0 Å². The molecule has 0 aliphatic rings. The molecule has 0 saturated carbocycles. The average Bonchev–Trinajstić information content (AvgIpc) is 3.05. The molecule has 1 aromatic carbocycles. The maximum atomic E-state index is 12.3. The summed E-state index contributed by atoms with van der Waals surface area (Å²) in [6.45, 7) is 3.95. The van der Waals surface area contributed by atoms with E-state index in [4.69, 9.17) is 10.3 Å². The molecule has 0 radical (unpaired) electrons. The number of hydrogen-bond acceptors (Lipinski definition) is 4. The van der Waals surface area contributed by atoms with E-state index in [-0.39, 0.29) is 17.6 Å². The Labute approximate surface area is 121 Å². The Morgan fingerprint density at radius 2 is 1.90 bits per heavy atom. The van der Waals surface area contributed by atoms with Gasteiger partial charge in [-0.25, -0.2) is 4.79 Å². The second kappa shape index (κ2) is 4.97. The van der Waals surface area contributed by atoms with Gasteiger partial charge < -0.3 is 10.3 Å². The Morgan fingerprint density at radius 3 is 2.43 bits per heavy atom. The molecule has 2 aromatic heterocycles. The van der Waals surface area contributed by atoms with Crippen molar-refractivity contribution in [3.8, 4) is 16.9 Å². The molecular weight excluding hydrogens is 268 g/mol. The fourth-order valence-corrected chi connectivity index (χ4v) is 2.20. The predicted octanol–water partition coefficient (Wildman–Crippen LogP) is 2.46. The number of aromatic nitrogens is 3. The highest BCUT2D eigenvalue weighted by Gasteiger charge is 2.09. The minimum Gasteiger partial charge on any atom is -0.368 e. The lowest BCUT2D eigenvalue weighted by atomic mass is 10.1. The zero-order valence-corrected chi connectivity index (χ0v) is 11.9. The van der Waals surface area contributed by atoms with E-state index >= 15 is 0 Å². The molecule has 0 saturated heterocycles. The highest BCUT2D eigenvalue weighted by molar-refractivity contribution is 5.62. The molecule has 3 aromatic rings. The quantitative estimate of drug-likeness (QED) is 0.801. The van der Waals surface area contributed by atoms with Crippen molar-refractivity contribution in [2.45, 2.75) is 19.9 Å². The maximum absolute atomic E-state index is 12.3. The summed E-state index contributed by atoms with van der Waals surface area (Å²) in [6, 6.07) is 9.29. The van der Waals surface area contributed by atoms with Gasteiger partial charge in [0, 0.05) is 30.1 Å². The molecule has 108 valence electrons. The van der Waals surface area contributed by atoms with E-state index in [0.717, 1.165) is 11.3 Å². The first-order chi connectivity index (χ1) is 10.1. The number of nitrogens with zero attached hydrogens (tertiary/aromatic N) is 3. The van der Waals surface area contributed by atoms with Crippen LogP contribution in [0.15, 0.2) is 52.0 Å². The van der Waals surface area contributed by atoms with Crippen molar-refractivity contribution in [3.63, 3.8) is 0 Å². The van der Waals surface area contributed by atoms with Crippen molar-refractivity contribution in [2.24, 2.45) is 0 Å². The SMILES string of the molecule is CC(C)n1ccn(-c2ccc(-c3cc(N)on3)cc2)c1=O. The van der Waals surface area contributed by atoms with E-state index in [1.54, 1.807) is 27.6 Å².